The van der Waals surface area contributed by atoms with Crippen LogP contribution in [0.25, 0.3) is 11.4 Å². The van der Waals surface area contributed by atoms with E-state index in [0.717, 1.165) is 23.8 Å². The Hall–Kier alpha value is -2.48. The summed E-state index contributed by atoms with van der Waals surface area (Å²) in [5.41, 5.74) is 8.14. The molecule has 2 aromatic carbocycles. The third kappa shape index (κ3) is 4.27. The molecule has 2 nitrogen and oxygen atoms in total. The molecular weight excluding hydrogens is 352 g/mol. The normalized spacial score (nSPS) is 21.4. The summed E-state index contributed by atoms with van der Waals surface area (Å²) in [5, 5.41) is 3.47. The first kappa shape index (κ1) is 19.8. The third-order valence-electron chi connectivity index (χ3n) is 6.81. The van der Waals surface area contributed by atoms with Crippen molar-refractivity contribution in [2.75, 3.05) is 11.9 Å². The molecule has 0 aromatic heterocycles. The predicted octanol–water partition coefficient (Wildman–Crippen LogP) is 7.01. The average Bonchev–Trinajstić information content (AvgIpc) is 2.73. The van der Waals surface area contributed by atoms with Gasteiger partial charge in [-0.1, -0.05) is 61.9 Å². The number of rotatable bonds is 5. The number of anilines is 1. The van der Waals surface area contributed by atoms with Crippen LogP contribution in [0.15, 0.2) is 55.6 Å². The summed E-state index contributed by atoms with van der Waals surface area (Å²) in [6.07, 6.45) is 8.21. The molecule has 0 amide bonds. The zero-order valence-corrected chi connectivity index (χ0v) is 18.0. The Labute approximate surface area is 176 Å². The molecule has 0 radical (unpaired) electrons. The summed E-state index contributed by atoms with van der Waals surface area (Å²) in [4.78, 5) is 2.60. The van der Waals surface area contributed by atoms with E-state index in [0.29, 0.717) is 6.04 Å². The van der Waals surface area contributed by atoms with E-state index in [2.05, 4.69) is 79.7 Å². The summed E-state index contributed by atoms with van der Waals surface area (Å²) in [7, 11) is 0. The molecule has 2 unspecified atom stereocenters. The minimum absolute atomic E-state index is 0.701. The fourth-order valence-electron chi connectivity index (χ4n) is 5.27. The number of benzene rings is 2. The van der Waals surface area contributed by atoms with Crippen molar-refractivity contribution in [1.82, 2.24) is 4.90 Å². The topological polar surface area (TPSA) is 15.3 Å². The molecule has 152 valence electrons. The van der Waals surface area contributed by atoms with Crippen LogP contribution >= 0.6 is 0 Å². The molecule has 1 saturated heterocycles. The second-order valence-corrected chi connectivity index (χ2v) is 8.89. The van der Waals surface area contributed by atoms with Crippen LogP contribution in [0.1, 0.15) is 60.8 Å². The second kappa shape index (κ2) is 8.49. The van der Waals surface area contributed by atoms with Crippen LogP contribution in [0.2, 0.25) is 0 Å². The first-order chi connectivity index (χ1) is 14.0. The van der Waals surface area contributed by atoms with Gasteiger partial charge in [-0.05, 0) is 68.7 Å². The highest BCUT2D eigenvalue weighted by molar-refractivity contribution is 5.77. The molecule has 0 bridgehead atoms. The van der Waals surface area contributed by atoms with E-state index in [9.17, 15) is 0 Å². The standard InChI is InChI=1S/C27H34N2/c1-19-11-16-26(20(2)18-19)21(3)28-25-14-12-23(13-15-25)22(4)29-17-7-9-24-8-5-6-10-27(24)29/h11-16,18,24,27-28H,3-10,17H2,1-2H3. The predicted molar refractivity (Wildman–Crippen MR) is 126 cm³/mol. The highest BCUT2D eigenvalue weighted by atomic mass is 15.2. The van der Waals surface area contributed by atoms with Crippen molar-refractivity contribution in [2.24, 2.45) is 5.92 Å². The number of hydrogen-bond donors (Lipinski definition) is 1. The lowest BCUT2D eigenvalue weighted by Crippen LogP contribution is -2.45. The van der Waals surface area contributed by atoms with Gasteiger partial charge in [0.2, 0.25) is 0 Å². The zero-order valence-electron chi connectivity index (χ0n) is 18.0. The molecule has 1 N–H and O–H groups in total. The summed E-state index contributed by atoms with van der Waals surface area (Å²) in [5.74, 6) is 0.872. The summed E-state index contributed by atoms with van der Waals surface area (Å²) in [6.45, 7) is 14.2. The number of nitrogens with one attached hydrogen (secondary N) is 1. The lowest BCUT2D eigenvalue weighted by atomic mass is 9.78. The molecule has 29 heavy (non-hydrogen) atoms. The van der Waals surface area contributed by atoms with Gasteiger partial charge in [-0.3, -0.25) is 0 Å². The van der Waals surface area contributed by atoms with Crippen molar-refractivity contribution in [1.29, 1.82) is 0 Å². The second-order valence-electron chi connectivity index (χ2n) is 8.89. The van der Waals surface area contributed by atoms with Gasteiger partial charge in [-0.25, -0.2) is 0 Å². The summed E-state index contributed by atoms with van der Waals surface area (Å²) in [6, 6.07) is 15.9. The van der Waals surface area contributed by atoms with E-state index in [4.69, 9.17) is 0 Å². The highest BCUT2D eigenvalue weighted by Crippen LogP contribution is 2.38. The molecular formula is C27H34N2. The van der Waals surface area contributed by atoms with Crippen LogP contribution < -0.4 is 5.32 Å². The quantitative estimate of drug-likeness (QED) is 0.594. The number of piperidine rings is 1. The number of likely N-dealkylation sites (tertiary alicyclic amines) is 1. The molecule has 1 aliphatic heterocycles. The molecule has 2 atom stereocenters. The van der Waals surface area contributed by atoms with E-state index in [-0.39, 0.29) is 0 Å². The Bertz CT molecular complexity index is 891. The smallest absolute Gasteiger partial charge is 0.0387 e. The average molecular weight is 387 g/mol. The van der Waals surface area contributed by atoms with Crippen molar-refractivity contribution < 1.29 is 0 Å². The molecule has 0 spiro atoms. The minimum Gasteiger partial charge on any atom is -0.368 e. The van der Waals surface area contributed by atoms with Crippen LogP contribution in [-0.4, -0.2) is 17.5 Å². The van der Waals surface area contributed by atoms with Crippen LogP contribution in [0.3, 0.4) is 0 Å². The summed E-state index contributed by atoms with van der Waals surface area (Å²) >= 11 is 0. The van der Waals surface area contributed by atoms with Gasteiger partial charge in [-0.2, -0.15) is 0 Å². The molecule has 2 aromatic rings. The maximum Gasteiger partial charge on any atom is 0.0387 e. The maximum atomic E-state index is 4.49. The molecule has 1 heterocycles. The van der Waals surface area contributed by atoms with Crippen LogP contribution in [-0.2, 0) is 0 Å². The Morgan fingerprint density at radius 1 is 0.931 bits per heavy atom. The largest absolute Gasteiger partial charge is 0.368 e. The Morgan fingerprint density at radius 3 is 2.41 bits per heavy atom. The van der Waals surface area contributed by atoms with Gasteiger partial charge in [0, 0.05) is 35.2 Å². The SMILES string of the molecule is C=C(Nc1ccc(C(=C)N2CCCC3CCCCC32)cc1)c1ccc(C)cc1C. The van der Waals surface area contributed by atoms with E-state index in [1.165, 1.54) is 66.5 Å². The first-order valence-corrected chi connectivity index (χ1v) is 11.1. The first-order valence-electron chi connectivity index (χ1n) is 11.1. The Morgan fingerprint density at radius 2 is 1.66 bits per heavy atom. The monoisotopic (exact) mass is 386 g/mol. The number of hydrogen-bond acceptors (Lipinski definition) is 2. The van der Waals surface area contributed by atoms with Gasteiger partial charge in [0.1, 0.15) is 0 Å². The summed E-state index contributed by atoms with van der Waals surface area (Å²) < 4.78 is 0. The van der Waals surface area contributed by atoms with Crippen LogP contribution in [0.5, 0.6) is 0 Å². The van der Waals surface area contributed by atoms with E-state index in [1.807, 2.05) is 0 Å². The van der Waals surface area contributed by atoms with Gasteiger partial charge < -0.3 is 10.2 Å². The van der Waals surface area contributed by atoms with Crippen molar-refractivity contribution in [2.45, 2.75) is 58.4 Å². The molecule has 2 heteroatoms. The lowest BCUT2D eigenvalue weighted by Gasteiger charge is -2.46. The fraction of sp³-hybridized carbons (Fsp3) is 0.407. The van der Waals surface area contributed by atoms with Gasteiger partial charge >= 0.3 is 0 Å². The zero-order chi connectivity index (χ0) is 20.4. The van der Waals surface area contributed by atoms with E-state index in [1.54, 1.807) is 0 Å². The molecule has 2 aliphatic rings. The number of nitrogens with zero attached hydrogens (tertiary/aromatic N) is 1. The van der Waals surface area contributed by atoms with Crippen molar-refractivity contribution in [3.8, 4) is 0 Å². The van der Waals surface area contributed by atoms with Crippen LogP contribution in [0.4, 0.5) is 5.69 Å². The van der Waals surface area contributed by atoms with E-state index >= 15 is 0 Å². The van der Waals surface area contributed by atoms with Gasteiger partial charge in [0.05, 0.1) is 0 Å². The van der Waals surface area contributed by atoms with Crippen molar-refractivity contribution >= 4 is 17.1 Å². The Kier molecular flexibility index (Phi) is 5.80. The molecule has 4 rings (SSSR count). The van der Waals surface area contributed by atoms with Gasteiger partial charge in [-0.15, -0.1) is 0 Å². The highest BCUT2D eigenvalue weighted by Gasteiger charge is 2.33. The van der Waals surface area contributed by atoms with Gasteiger partial charge in [0.25, 0.3) is 0 Å². The fourth-order valence-corrected chi connectivity index (χ4v) is 5.27. The maximum absolute atomic E-state index is 4.49. The van der Waals surface area contributed by atoms with E-state index < -0.39 is 0 Å². The minimum atomic E-state index is 0.701. The Balaban J connectivity index is 1.44. The molecule has 2 fully saturated rings. The number of aryl methyl sites for hydroxylation is 2. The van der Waals surface area contributed by atoms with Crippen LogP contribution in [0, 0.1) is 19.8 Å². The molecule has 1 aliphatic carbocycles. The molecule has 1 saturated carbocycles. The lowest BCUT2D eigenvalue weighted by molar-refractivity contribution is 0.111. The van der Waals surface area contributed by atoms with Crippen molar-refractivity contribution in [3.05, 3.63) is 77.9 Å². The number of fused-ring (bicyclic) bond motifs is 1. The van der Waals surface area contributed by atoms with Gasteiger partial charge in [0.15, 0.2) is 0 Å². The van der Waals surface area contributed by atoms with Crippen molar-refractivity contribution in [3.63, 3.8) is 0 Å². The third-order valence-corrected chi connectivity index (χ3v) is 6.81.